The van der Waals surface area contributed by atoms with Crippen LogP contribution >= 0.6 is 0 Å². The van der Waals surface area contributed by atoms with E-state index in [1.165, 1.54) is 12.8 Å². The van der Waals surface area contributed by atoms with Gasteiger partial charge in [0.1, 0.15) is 5.82 Å². The first-order chi connectivity index (χ1) is 13.6. The van der Waals surface area contributed by atoms with Crippen molar-refractivity contribution >= 4 is 22.6 Å². The summed E-state index contributed by atoms with van der Waals surface area (Å²) < 4.78 is 1.72. The standard InChI is InChI=1S/C22H24N4O2/c1-2-3-4-21(27)25-20-10-8-17(12-23-20)16-7-9-19-18(11-16)22(28)26(14-24-19)13-15-5-6-15/h7-12,14-15H,2-6,13H2,1H3,(H,23,25,27). The van der Waals surface area contributed by atoms with Gasteiger partial charge >= 0.3 is 0 Å². The molecule has 1 aromatic carbocycles. The molecule has 3 aromatic rings. The van der Waals surface area contributed by atoms with Gasteiger partial charge in [-0.3, -0.25) is 14.2 Å². The van der Waals surface area contributed by atoms with Crippen molar-refractivity contribution in [3.8, 4) is 11.1 Å². The average molecular weight is 376 g/mol. The summed E-state index contributed by atoms with van der Waals surface area (Å²) in [6.45, 7) is 2.81. The molecule has 0 spiro atoms. The molecule has 2 heterocycles. The minimum Gasteiger partial charge on any atom is -0.311 e. The molecule has 4 rings (SSSR count). The van der Waals surface area contributed by atoms with Crippen LogP contribution in [-0.2, 0) is 11.3 Å². The number of amides is 1. The number of pyridine rings is 1. The topological polar surface area (TPSA) is 76.9 Å². The first kappa shape index (κ1) is 18.3. The molecule has 0 saturated heterocycles. The van der Waals surface area contributed by atoms with E-state index in [4.69, 9.17) is 0 Å². The van der Waals surface area contributed by atoms with Gasteiger partial charge in [-0.15, -0.1) is 0 Å². The number of nitrogens with zero attached hydrogens (tertiary/aromatic N) is 3. The Morgan fingerprint density at radius 1 is 1.18 bits per heavy atom. The number of carbonyl (C=O) groups is 1. The number of rotatable bonds is 7. The maximum Gasteiger partial charge on any atom is 0.261 e. The van der Waals surface area contributed by atoms with Crippen molar-refractivity contribution in [2.75, 3.05) is 5.32 Å². The van der Waals surface area contributed by atoms with Crippen molar-refractivity contribution in [1.29, 1.82) is 0 Å². The molecule has 2 aromatic heterocycles. The Hall–Kier alpha value is -3.02. The fraction of sp³-hybridized carbons (Fsp3) is 0.364. The zero-order valence-electron chi connectivity index (χ0n) is 16.0. The fourth-order valence-electron chi connectivity index (χ4n) is 3.23. The van der Waals surface area contributed by atoms with Gasteiger partial charge in [0.05, 0.1) is 17.2 Å². The average Bonchev–Trinajstić information content (AvgIpc) is 3.53. The lowest BCUT2D eigenvalue weighted by Gasteiger charge is -2.08. The second-order valence-corrected chi connectivity index (χ2v) is 7.46. The lowest BCUT2D eigenvalue weighted by molar-refractivity contribution is -0.116. The van der Waals surface area contributed by atoms with Crippen LogP contribution in [-0.4, -0.2) is 20.4 Å². The van der Waals surface area contributed by atoms with E-state index in [0.717, 1.165) is 30.5 Å². The molecule has 0 bridgehead atoms. The lowest BCUT2D eigenvalue weighted by atomic mass is 10.1. The van der Waals surface area contributed by atoms with Crippen LogP contribution in [0.4, 0.5) is 5.82 Å². The van der Waals surface area contributed by atoms with E-state index < -0.39 is 0 Å². The number of fused-ring (bicyclic) bond motifs is 1. The summed E-state index contributed by atoms with van der Waals surface area (Å²) in [7, 11) is 0. The summed E-state index contributed by atoms with van der Waals surface area (Å²) in [6.07, 6.45) is 8.11. The van der Waals surface area contributed by atoms with E-state index in [-0.39, 0.29) is 11.5 Å². The molecule has 6 nitrogen and oxygen atoms in total. The molecule has 0 aliphatic heterocycles. The highest BCUT2D eigenvalue weighted by Crippen LogP contribution is 2.30. The number of benzene rings is 1. The van der Waals surface area contributed by atoms with E-state index in [1.54, 1.807) is 23.2 Å². The maximum atomic E-state index is 12.8. The Labute approximate surface area is 163 Å². The Kier molecular flexibility index (Phi) is 5.19. The molecule has 0 atom stereocenters. The van der Waals surface area contributed by atoms with Crippen LogP contribution in [0, 0.1) is 5.92 Å². The van der Waals surface area contributed by atoms with Crippen LogP contribution in [0.3, 0.4) is 0 Å². The monoisotopic (exact) mass is 376 g/mol. The molecular weight excluding hydrogens is 352 g/mol. The number of nitrogens with one attached hydrogen (secondary N) is 1. The zero-order chi connectivity index (χ0) is 19.5. The maximum absolute atomic E-state index is 12.8. The molecule has 1 aliphatic rings. The van der Waals surface area contributed by atoms with Crippen molar-refractivity contribution in [3.05, 3.63) is 53.2 Å². The molecule has 144 valence electrons. The quantitative estimate of drug-likeness (QED) is 0.676. The number of hydrogen-bond acceptors (Lipinski definition) is 4. The summed E-state index contributed by atoms with van der Waals surface area (Å²) >= 11 is 0. The van der Waals surface area contributed by atoms with Crippen molar-refractivity contribution < 1.29 is 4.79 Å². The summed E-state index contributed by atoms with van der Waals surface area (Å²) in [6, 6.07) is 9.38. The van der Waals surface area contributed by atoms with Crippen LogP contribution in [0.15, 0.2) is 47.7 Å². The Morgan fingerprint density at radius 2 is 2.00 bits per heavy atom. The van der Waals surface area contributed by atoms with E-state index in [0.29, 0.717) is 29.1 Å². The van der Waals surface area contributed by atoms with Gasteiger partial charge in [0.15, 0.2) is 0 Å². The second-order valence-electron chi connectivity index (χ2n) is 7.46. The van der Waals surface area contributed by atoms with Gasteiger partial charge in [0.25, 0.3) is 5.56 Å². The minimum atomic E-state index is -0.0184. The smallest absolute Gasteiger partial charge is 0.261 e. The van der Waals surface area contributed by atoms with Gasteiger partial charge in [-0.05, 0) is 55.0 Å². The molecule has 1 N–H and O–H groups in total. The highest BCUT2D eigenvalue weighted by molar-refractivity contribution is 5.90. The molecule has 28 heavy (non-hydrogen) atoms. The van der Waals surface area contributed by atoms with Crippen LogP contribution < -0.4 is 10.9 Å². The largest absolute Gasteiger partial charge is 0.311 e. The first-order valence-corrected chi connectivity index (χ1v) is 9.89. The van der Waals surface area contributed by atoms with E-state index in [1.807, 2.05) is 24.3 Å². The molecular formula is C22H24N4O2. The van der Waals surface area contributed by atoms with Gasteiger partial charge in [0, 0.05) is 24.7 Å². The summed E-state index contributed by atoms with van der Waals surface area (Å²) in [5, 5.41) is 3.44. The third kappa shape index (κ3) is 4.11. The fourth-order valence-corrected chi connectivity index (χ4v) is 3.23. The van der Waals surface area contributed by atoms with E-state index >= 15 is 0 Å². The molecule has 1 fully saturated rings. The number of aromatic nitrogens is 3. The predicted octanol–water partition coefficient (Wildman–Crippen LogP) is 4.00. The minimum absolute atomic E-state index is 0.00603. The number of unbranched alkanes of at least 4 members (excludes halogenated alkanes) is 1. The summed E-state index contributed by atoms with van der Waals surface area (Å²) in [5.41, 5.74) is 2.51. The third-order valence-electron chi connectivity index (χ3n) is 5.10. The van der Waals surface area contributed by atoms with Gasteiger partial charge in [-0.25, -0.2) is 9.97 Å². The van der Waals surface area contributed by atoms with Crippen LogP contribution in [0.1, 0.15) is 39.0 Å². The van der Waals surface area contributed by atoms with Crippen molar-refractivity contribution in [2.45, 2.75) is 45.6 Å². The number of hydrogen-bond donors (Lipinski definition) is 1. The van der Waals surface area contributed by atoms with Gasteiger partial charge < -0.3 is 5.32 Å². The molecule has 1 saturated carbocycles. The van der Waals surface area contributed by atoms with Crippen LogP contribution in [0.2, 0.25) is 0 Å². The SMILES string of the molecule is CCCCC(=O)Nc1ccc(-c2ccc3ncn(CC4CC4)c(=O)c3c2)cn1. The van der Waals surface area contributed by atoms with Crippen molar-refractivity contribution in [2.24, 2.45) is 5.92 Å². The number of carbonyl (C=O) groups excluding carboxylic acids is 1. The molecule has 6 heteroatoms. The molecule has 1 aliphatic carbocycles. The van der Waals surface area contributed by atoms with Crippen molar-refractivity contribution in [1.82, 2.24) is 14.5 Å². The zero-order valence-corrected chi connectivity index (χ0v) is 16.0. The Balaban J connectivity index is 1.57. The van der Waals surface area contributed by atoms with Gasteiger partial charge in [-0.2, -0.15) is 0 Å². The summed E-state index contributed by atoms with van der Waals surface area (Å²) in [4.78, 5) is 33.4. The summed E-state index contributed by atoms with van der Waals surface area (Å²) in [5.74, 6) is 1.14. The second kappa shape index (κ2) is 7.92. The lowest BCUT2D eigenvalue weighted by Crippen LogP contribution is -2.21. The Bertz CT molecular complexity index is 1050. The van der Waals surface area contributed by atoms with E-state index in [2.05, 4.69) is 22.2 Å². The highest BCUT2D eigenvalue weighted by atomic mass is 16.1. The first-order valence-electron chi connectivity index (χ1n) is 9.89. The third-order valence-corrected chi connectivity index (χ3v) is 5.10. The predicted molar refractivity (Wildman–Crippen MR) is 110 cm³/mol. The molecule has 0 radical (unpaired) electrons. The number of anilines is 1. The van der Waals surface area contributed by atoms with Gasteiger partial charge in [0.2, 0.25) is 5.91 Å². The molecule has 0 unspecified atom stereocenters. The van der Waals surface area contributed by atoms with Crippen LogP contribution in [0.5, 0.6) is 0 Å². The van der Waals surface area contributed by atoms with E-state index in [9.17, 15) is 9.59 Å². The van der Waals surface area contributed by atoms with Gasteiger partial charge in [-0.1, -0.05) is 19.4 Å². The highest BCUT2D eigenvalue weighted by Gasteiger charge is 2.22. The normalized spacial score (nSPS) is 13.6. The van der Waals surface area contributed by atoms with Crippen molar-refractivity contribution in [3.63, 3.8) is 0 Å². The van der Waals surface area contributed by atoms with Crippen LogP contribution in [0.25, 0.3) is 22.0 Å². The Morgan fingerprint density at radius 3 is 2.71 bits per heavy atom. The molecule has 1 amide bonds.